The van der Waals surface area contributed by atoms with Crippen LogP contribution in [0.4, 0.5) is 0 Å². The maximum absolute atomic E-state index is 5.13. The number of pyridine rings is 1. The summed E-state index contributed by atoms with van der Waals surface area (Å²) in [5, 5.41) is 3.14. The predicted molar refractivity (Wildman–Crippen MR) is 54.3 cm³/mol. The number of terminal acetylenes is 1. The van der Waals surface area contributed by atoms with Crippen molar-refractivity contribution in [2.45, 2.75) is 20.4 Å². The minimum atomic E-state index is 0.604. The second-order valence-corrected chi connectivity index (χ2v) is 3.06. The van der Waals surface area contributed by atoms with Crippen molar-refractivity contribution in [2.24, 2.45) is 0 Å². The average molecular weight is 174 g/mol. The summed E-state index contributed by atoms with van der Waals surface area (Å²) in [5.41, 5.74) is 3.52. The van der Waals surface area contributed by atoms with Crippen molar-refractivity contribution < 1.29 is 0 Å². The van der Waals surface area contributed by atoms with Gasteiger partial charge >= 0.3 is 0 Å². The van der Waals surface area contributed by atoms with Gasteiger partial charge in [0.05, 0.1) is 6.54 Å². The fraction of sp³-hybridized carbons (Fsp3) is 0.364. The van der Waals surface area contributed by atoms with Crippen LogP contribution < -0.4 is 5.32 Å². The molecule has 0 spiro atoms. The van der Waals surface area contributed by atoms with E-state index in [9.17, 15) is 0 Å². The van der Waals surface area contributed by atoms with E-state index in [0.717, 1.165) is 12.2 Å². The quantitative estimate of drug-likeness (QED) is 0.553. The van der Waals surface area contributed by atoms with Gasteiger partial charge in [0.1, 0.15) is 0 Å². The number of aryl methyl sites for hydroxylation is 2. The lowest BCUT2D eigenvalue weighted by Gasteiger charge is -2.05. The molecule has 1 aromatic heterocycles. The van der Waals surface area contributed by atoms with E-state index in [1.165, 1.54) is 11.1 Å². The molecule has 0 atom stereocenters. The van der Waals surface area contributed by atoms with Crippen molar-refractivity contribution in [3.63, 3.8) is 0 Å². The molecule has 2 heteroatoms. The first kappa shape index (κ1) is 9.76. The second-order valence-electron chi connectivity index (χ2n) is 3.06. The molecule has 13 heavy (non-hydrogen) atoms. The molecular weight excluding hydrogens is 160 g/mol. The molecule has 2 nitrogen and oxygen atoms in total. The number of hydrogen-bond donors (Lipinski definition) is 1. The number of aromatic nitrogens is 1. The monoisotopic (exact) mass is 174 g/mol. The summed E-state index contributed by atoms with van der Waals surface area (Å²) in [6, 6.07) is 2.08. The number of nitrogens with one attached hydrogen (secondary N) is 1. The molecule has 0 aliphatic rings. The van der Waals surface area contributed by atoms with Crippen molar-refractivity contribution in [1.82, 2.24) is 10.3 Å². The highest BCUT2D eigenvalue weighted by Crippen LogP contribution is 2.06. The molecule has 1 N–H and O–H groups in total. The first-order chi connectivity index (χ1) is 6.24. The third kappa shape index (κ3) is 2.89. The fourth-order valence-corrected chi connectivity index (χ4v) is 1.18. The predicted octanol–water partition coefficient (Wildman–Crippen LogP) is 1.42. The molecule has 0 aliphatic heterocycles. The van der Waals surface area contributed by atoms with Gasteiger partial charge in [-0.3, -0.25) is 4.98 Å². The molecule has 1 rings (SSSR count). The van der Waals surface area contributed by atoms with Crippen LogP contribution in [0.15, 0.2) is 12.3 Å². The smallest absolute Gasteiger partial charge is 0.0576 e. The van der Waals surface area contributed by atoms with Crippen molar-refractivity contribution in [3.8, 4) is 12.3 Å². The zero-order chi connectivity index (χ0) is 9.68. The molecule has 0 aliphatic carbocycles. The third-order valence-electron chi connectivity index (χ3n) is 1.90. The molecule has 0 saturated heterocycles. The van der Waals surface area contributed by atoms with Gasteiger partial charge in [0.15, 0.2) is 0 Å². The van der Waals surface area contributed by atoms with E-state index in [1.807, 2.05) is 13.1 Å². The van der Waals surface area contributed by atoms with Gasteiger partial charge in [-0.1, -0.05) is 5.92 Å². The molecule has 68 valence electrons. The van der Waals surface area contributed by atoms with Crippen LogP contribution in [0.5, 0.6) is 0 Å². The van der Waals surface area contributed by atoms with Crippen molar-refractivity contribution in [3.05, 3.63) is 29.1 Å². The minimum absolute atomic E-state index is 0.604. The third-order valence-corrected chi connectivity index (χ3v) is 1.90. The summed E-state index contributed by atoms with van der Waals surface area (Å²) in [6.07, 6.45) is 7.02. The largest absolute Gasteiger partial charge is 0.302 e. The van der Waals surface area contributed by atoms with Crippen LogP contribution in [-0.2, 0) is 6.54 Å². The topological polar surface area (TPSA) is 24.9 Å². The van der Waals surface area contributed by atoms with Crippen LogP contribution >= 0.6 is 0 Å². The molecule has 1 aromatic rings. The van der Waals surface area contributed by atoms with E-state index < -0.39 is 0 Å². The van der Waals surface area contributed by atoms with Gasteiger partial charge in [-0.2, -0.15) is 0 Å². The van der Waals surface area contributed by atoms with E-state index in [1.54, 1.807) is 0 Å². The van der Waals surface area contributed by atoms with E-state index in [0.29, 0.717) is 6.54 Å². The van der Waals surface area contributed by atoms with Crippen LogP contribution in [-0.4, -0.2) is 11.5 Å². The van der Waals surface area contributed by atoms with Crippen LogP contribution in [0.3, 0.4) is 0 Å². The van der Waals surface area contributed by atoms with E-state index in [-0.39, 0.29) is 0 Å². The van der Waals surface area contributed by atoms with E-state index >= 15 is 0 Å². The highest BCUT2D eigenvalue weighted by Gasteiger charge is 1.97. The molecule has 0 radical (unpaired) electrons. The van der Waals surface area contributed by atoms with E-state index in [2.05, 4.69) is 29.2 Å². The van der Waals surface area contributed by atoms with Gasteiger partial charge in [0.25, 0.3) is 0 Å². The lowest BCUT2D eigenvalue weighted by atomic mass is 10.1. The van der Waals surface area contributed by atoms with Crippen molar-refractivity contribution >= 4 is 0 Å². The van der Waals surface area contributed by atoms with Gasteiger partial charge in [0.2, 0.25) is 0 Å². The molecule has 0 unspecified atom stereocenters. The number of hydrogen-bond acceptors (Lipinski definition) is 2. The van der Waals surface area contributed by atoms with Crippen LogP contribution in [0, 0.1) is 26.2 Å². The number of nitrogens with zero attached hydrogens (tertiary/aromatic N) is 1. The maximum atomic E-state index is 5.13. The standard InChI is InChI=1S/C11H14N2/c1-4-5-12-7-11-8-13-10(3)6-9(11)2/h1,6,8,12H,5,7H2,2-3H3. The van der Waals surface area contributed by atoms with E-state index in [4.69, 9.17) is 6.42 Å². The highest BCUT2D eigenvalue weighted by atomic mass is 14.8. The van der Waals surface area contributed by atoms with Gasteiger partial charge in [-0.25, -0.2) is 0 Å². The van der Waals surface area contributed by atoms with Gasteiger partial charge in [-0.15, -0.1) is 6.42 Å². The van der Waals surface area contributed by atoms with Crippen molar-refractivity contribution in [1.29, 1.82) is 0 Å². The Kier molecular flexibility index (Phi) is 3.48. The van der Waals surface area contributed by atoms with Gasteiger partial charge in [-0.05, 0) is 31.0 Å². The normalized spacial score (nSPS) is 9.62. The maximum Gasteiger partial charge on any atom is 0.0576 e. The van der Waals surface area contributed by atoms with Gasteiger partial charge < -0.3 is 5.32 Å². The average Bonchev–Trinajstić information content (AvgIpc) is 2.09. The zero-order valence-electron chi connectivity index (χ0n) is 8.09. The minimum Gasteiger partial charge on any atom is -0.302 e. The van der Waals surface area contributed by atoms with Crippen molar-refractivity contribution in [2.75, 3.05) is 6.54 Å². The zero-order valence-corrected chi connectivity index (χ0v) is 8.09. The van der Waals surface area contributed by atoms with Gasteiger partial charge in [0, 0.05) is 18.4 Å². The lowest BCUT2D eigenvalue weighted by molar-refractivity contribution is 0.761. The SMILES string of the molecule is C#CCNCc1cnc(C)cc1C. The Morgan fingerprint density at radius 2 is 2.31 bits per heavy atom. The first-order valence-electron chi connectivity index (χ1n) is 4.30. The molecule has 0 aromatic carbocycles. The molecule has 0 amide bonds. The molecular formula is C11H14N2. The Balaban J connectivity index is 2.62. The second kappa shape index (κ2) is 4.64. The summed E-state index contributed by atoms with van der Waals surface area (Å²) >= 11 is 0. The molecule has 0 saturated carbocycles. The Labute approximate surface area is 79.4 Å². The summed E-state index contributed by atoms with van der Waals surface area (Å²) < 4.78 is 0. The summed E-state index contributed by atoms with van der Waals surface area (Å²) in [7, 11) is 0. The fourth-order valence-electron chi connectivity index (χ4n) is 1.18. The molecule has 0 bridgehead atoms. The molecule has 0 fully saturated rings. The molecule has 1 heterocycles. The Bertz CT molecular complexity index is 323. The van der Waals surface area contributed by atoms with Crippen LogP contribution in [0.25, 0.3) is 0 Å². The van der Waals surface area contributed by atoms with Crippen LogP contribution in [0.2, 0.25) is 0 Å². The summed E-state index contributed by atoms with van der Waals surface area (Å²) in [6.45, 7) is 5.48. The number of rotatable bonds is 3. The Morgan fingerprint density at radius 1 is 1.54 bits per heavy atom. The van der Waals surface area contributed by atoms with Crippen LogP contribution in [0.1, 0.15) is 16.8 Å². The lowest BCUT2D eigenvalue weighted by Crippen LogP contribution is -2.14. The summed E-state index contributed by atoms with van der Waals surface area (Å²) in [5.74, 6) is 2.54. The Morgan fingerprint density at radius 3 is 2.92 bits per heavy atom. The Hall–Kier alpha value is -1.33. The summed E-state index contributed by atoms with van der Waals surface area (Å²) in [4.78, 5) is 4.23. The first-order valence-corrected chi connectivity index (χ1v) is 4.30. The highest BCUT2D eigenvalue weighted by molar-refractivity contribution is 5.24.